The number of amides is 2. The molecule has 0 bridgehead atoms. The molecule has 2 N–H and O–H groups in total. The summed E-state index contributed by atoms with van der Waals surface area (Å²) >= 11 is 0. The SMILES string of the molecule is CCC(=O)N[C@@H](C)C(=O)N1CCC[C@H]1C(=O)O. The van der Waals surface area contributed by atoms with E-state index in [1.165, 1.54) is 4.90 Å². The summed E-state index contributed by atoms with van der Waals surface area (Å²) in [6.45, 7) is 3.72. The van der Waals surface area contributed by atoms with E-state index in [2.05, 4.69) is 5.32 Å². The maximum Gasteiger partial charge on any atom is 0.326 e. The highest BCUT2D eigenvalue weighted by Gasteiger charge is 2.35. The van der Waals surface area contributed by atoms with Crippen LogP contribution in [0.4, 0.5) is 0 Å². The van der Waals surface area contributed by atoms with Crippen molar-refractivity contribution in [1.82, 2.24) is 10.2 Å². The van der Waals surface area contributed by atoms with Gasteiger partial charge in [-0.15, -0.1) is 0 Å². The van der Waals surface area contributed by atoms with E-state index in [0.717, 1.165) is 0 Å². The Kier molecular flexibility index (Phi) is 4.48. The lowest BCUT2D eigenvalue weighted by Crippen LogP contribution is -2.50. The lowest BCUT2D eigenvalue weighted by atomic mass is 10.2. The van der Waals surface area contributed by atoms with Crippen LogP contribution in [-0.4, -0.2) is 46.4 Å². The molecule has 1 saturated heterocycles. The number of rotatable bonds is 4. The van der Waals surface area contributed by atoms with Crippen molar-refractivity contribution in [2.24, 2.45) is 0 Å². The zero-order valence-corrected chi connectivity index (χ0v) is 10.1. The molecule has 6 nitrogen and oxygen atoms in total. The van der Waals surface area contributed by atoms with E-state index in [-0.39, 0.29) is 11.8 Å². The Bertz CT molecular complexity index is 329. The predicted octanol–water partition coefficient (Wildman–Crippen LogP) is -0.0233. The zero-order valence-electron chi connectivity index (χ0n) is 10.1. The number of nitrogens with zero attached hydrogens (tertiary/aromatic N) is 1. The van der Waals surface area contributed by atoms with Crippen LogP contribution in [0.25, 0.3) is 0 Å². The summed E-state index contributed by atoms with van der Waals surface area (Å²) in [6, 6.07) is -1.41. The number of nitrogens with one attached hydrogen (secondary N) is 1. The van der Waals surface area contributed by atoms with E-state index < -0.39 is 18.1 Å². The molecule has 6 heteroatoms. The summed E-state index contributed by atoms with van der Waals surface area (Å²) in [5.74, 6) is -1.52. The molecule has 0 aromatic carbocycles. The van der Waals surface area contributed by atoms with Gasteiger partial charge in [0.2, 0.25) is 11.8 Å². The first-order chi connectivity index (χ1) is 7.97. The number of carbonyl (C=O) groups excluding carboxylic acids is 2. The van der Waals surface area contributed by atoms with Crippen molar-refractivity contribution in [3.8, 4) is 0 Å². The highest BCUT2D eigenvalue weighted by Crippen LogP contribution is 2.18. The van der Waals surface area contributed by atoms with Crippen LogP contribution in [0.15, 0.2) is 0 Å². The van der Waals surface area contributed by atoms with Gasteiger partial charge in [-0.05, 0) is 19.8 Å². The van der Waals surface area contributed by atoms with Gasteiger partial charge in [0.1, 0.15) is 12.1 Å². The van der Waals surface area contributed by atoms with Crippen LogP contribution in [0, 0.1) is 0 Å². The molecule has 0 aromatic rings. The largest absolute Gasteiger partial charge is 0.480 e. The van der Waals surface area contributed by atoms with Crippen molar-refractivity contribution in [2.75, 3.05) is 6.54 Å². The van der Waals surface area contributed by atoms with Crippen LogP contribution in [0.2, 0.25) is 0 Å². The van der Waals surface area contributed by atoms with Gasteiger partial charge in [0.15, 0.2) is 0 Å². The molecule has 1 heterocycles. The third kappa shape index (κ3) is 3.18. The molecule has 17 heavy (non-hydrogen) atoms. The van der Waals surface area contributed by atoms with Crippen molar-refractivity contribution < 1.29 is 19.5 Å². The van der Waals surface area contributed by atoms with Crippen molar-refractivity contribution >= 4 is 17.8 Å². The molecule has 1 fully saturated rings. The van der Waals surface area contributed by atoms with Gasteiger partial charge in [0.05, 0.1) is 0 Å². The van der Waals surface area contributed by atoms with E-state index in [1.807, 2.05) is 0 Å². The van der Waals surface area contributed by atoms with Crippen molar-refractivity contribution in [2.45, 2.75) is 45.2 Å². The second-order valence-electron chi connectivity index (χ2n) is 4.17. The minimum atomic E-state index is -0.982. The molecule has 1 aliphatic rings. The summed E-state index contributed by atoms with van der Waals surface area (Å²) in [5.41, 5.74) is 0. The lowest BCUT2D eigenvalue weighted by Gasteiger charge is -2.25. The normalized spacial score (nSPS) is 21.1. The maximum atomic E-state index is 12.0. The fraction of sp³-hybridized carbons (Fsp3) is 0.727. The second-order valence-corrected chi connectivity index (χ2v) is 4.17. The van der Waals surface area contributed by atoms with Gasteiger partial charge >= 0.3 is 5.97 Å². The summed E-state index contributed by atoms with van der Waals surface area (Å²) in [4.78, 5) is 35.4. The molecule has 0 aromatic heterocycles. The van der Waals surface area contributed by atoms with Gasteiger partial charge in [-0.2, -0.15) is 0 Å². The fourth-order valence-electron chi connectivity index (χ4n) is 1.94. The smallest absolute Gasteiger partial charge is 0.326 e. The quantitative estimate of drug-likeness (QED) is 0.725. The van der Waals surface area contributed by atoms with E-state index in [0.29, 0.717) is 25.8 Å². The van der Waals surface area contributed by atoms with Gasteiger partial charge < -0.3 is 15.3 Å². The Hall–Kier alpha value is -1.59. The number of hydrogen-bond acceptors (Lipinski definition) is 3. The third-order valence-electron chi connectivity index (χ3n) is 2.89. The number of carboxylic acids is 1. The molecule has 0 unspecified atom stereocenters. The summed E-state index contributed by atoms with van der Waals surface area (Å²) in [7, 11) is 0. The van der Waals surface area contributed by atoms with E-state index in [9.17, 15) is 14.4 Å². The second kappa shape index (κ2) is 5.65. The van der Waals surface area contributed by atoms with Crippen LogP contribution in [0.3, 0.4) is 0 Å². The molecule has 0 spiro atoms. The average molecular weight is 242 g/mol. The average Bonchev–Trinajstić information content (AvgIpc) is 2.76. The molecule has 0 saturated carbocycles. The predicted molar refractivity (Wildman–Crippen MR) is 60.3 cm³/mol. The molecule has 96 valence electrons. The van der Waals surface area contributed by atoms with Gasteiger partial charge in [-0.25, -0.2) is 4.79 Å². The molecule has 1 rings (SSSR count). The van der Waals surface area contributed by atoms with Gasteiger partial charge in [-0.1, -0.05) is 6.92 Å². The van der Waals surface area contributed by atoms with Crippen molar-refractivity contribution in [1.29, 1.82) is 0 Å². The highest BCUT2D eigenvalue weighted by atomic mass is 16.4. The molecule has 0 aliphatic carbocycles. The minimum Gasteiger partial charge on any atom is -0.480 e. The van der Waals surface area contributed by atoms with Crippen LogP contribution in [0.5, 0.6) is 0 Å². The minimum absolute atomic E-state index is 0.211. The number of carbonyl (C=O) groups is 3. The monoisotopic (exact) mass is 242 g/mol. The first-order valence-electron chi connectivity index (χ1n) is 5.80. The van der Waals surface area contributed by atoms with E-state index >= 15 is 0 Å². The van der Waals surface area contributed by atoms with Crippen LogP contribution >= 0.6 is 0 Å². The molecule has 1 aliphatic heterocycles. The summed E-state index contributed by atoms with van der Waals surface area (Å²) < 4.78 is 0. The van der Waals surface area contributed by atoms with Gasteiger partial charge in [0, 0.05) is 13.0 Å². The number of hydrogen-bond donors (Lipinski definition) is 2. The molecule has 0 radical (unpaired) electrons. The van der Waals surface area contributed by atoms with Gasteiger partial charge in [-0.3, -0.25) is 9.59 Å². The topological polar surface area (TPSA) is 86.7 Å². The Labute approximate surface area is 100.0 Å². The number of likely N-dealkylation sites (tertiary alicyclic amines) is 1. The first-order valence-corrected chi connectivity index (χ1v) is 5.80. The van der Waals surface area contributed by atoms with E-state index in [4.69, 9.17) is 5.11 Å². The zero-order chi connectivity index (χ0) is 13.0. The first kappa shape index (κ1) is 13.5. The number of carboxylic acid groups (broad SMARTS) is 1. The van der Waals surface area contributed by atoms with E-state index in [1.54, 1.807) is 13.8 Å². The summed E-state index contributed by atoms with van der Waals surface area (Å²) in [6.07, 6.45) is 1.48. The molecule has 2 amide bonds. The lowest BCUT2D eigenvalue weighted by molar-refractivity contribution is -0.149. The van der Waals surface area contributed by atoms with Crippen LogP contribution in [0.1, 0.15) is 33.1 Å². The van der Waals surface area contributed by atoms with Crippen LogP contribution in [-0.2, 0) is 14.4 Å². The Balaban J connectivity index is 2.62. The van der Waals surface area contributed by atoms with Crippen LogP contribution < -0.4 is 5.32 Å². The highest BCUT2D eigenvalue weighted by molar-refractivity contribution is 5.90. The molecule has 2 atom stereocenters. The van der Waals surface area contributed by atoms with Crippen molar-refractivity contribution in [3.05, 3.63) is 0 Å². The Morgan fingerprint density at radius 3 is 2.65 bits per heavy atom. The van der Waals surface area contributed by atoms with Gasteiger partial charge in [0.25, 0.3) is 0 Å². The third-order valence-corrected chi connectivity index (χ3v) is 2.89. The maximum absolute atomic E-state index is 12.0. The number of aliphatic carboxylic acids is 1. The fourth-order valence-corrected chi connectivity index (χ4v) is 1.94. The Morgan fingerprint density at radius 1 is 1.47 bits per heavy atom. The standard InChI is InChI=1S/C11H18N2O4/c1-3-9(14)12-7(2)10(15)13-6-4-5-8(13)11(16)17/h7-8H,3-6H2,1-2H3,(H,12,14)(H,16,17)/t7-,8-/m0/s1. The Morgan fingerprint density at radius 2 is 2.12 bits per heavy atom. The van der Waals surface area contributed by atoms with Crippen molar-refractivity contribution in [3.63, 3.8) is 0 Å². The summed E-state index contributed by atoms with van der Waals surface area (Å²) in [5, 5.41) is 11.5. The molecular weight excluding hydrogens is 224 g/mol. The molecular formula is C11H18N2O4.